The van der Waals surface area contributed by atoms with Crippen LogP contribution in [-0.2, 0) is 0 Å². The van der Waals surface area contributed by atoms with E-state index in [1.165, 1.54) is 4.90 Å². The fraction of sp³-hybridized carbons (Fsp3) is 0.333. The number of anilines is 1. The van der Waals surface area contributed by atoms with Gasteiger partial charge < -0.3 is 15.3 Å². The molecule has 20 heavy (non-hydrogen) atoms. The Labute approximate surface area is 118 Å². The SMILES string of the molecule is C#CCN(CCC)C(=O)Nc1cccc(C)c1C(=O)O. The monoisotopic (exact) mass is 274 g/mol. The van der Waals surface area contributed by atoms with E-state index in [1.807, 2.05) is 6.92 Å². The molecule has 0 fully saturated rings. The number of carboxylic acids is 1. The topological polar surface area (TPSA) is 69.6 Å². The maximum absolute atomic E-state index is 12.1. The molecule has 0 unspecified atom stereocenters. The number of aromatic carboxylic acids is 1. The third-order valence-electron chi connectivity index (χ3n) is 2.79. The van der Waals surface area contributed by atoms with Crippen LogP contribution in [0.5, 0.6) is 0 Å². The lowest BCUT2D eigenvalue weighted by molar-refractivity contribution is 0.0697. The summed E-state index contributed by atoms with van der Waals surface area (Å²) in [5.74, 6) is 1.34. The maximum Gasteiger partial charge on any atom is 0.338 e. The molecular formula is C15H18N2O3. The first-order valence-corrected chi connectivity index (χ1v) is 6.33. The van der Waals surface area contributed by atoms with E-state index >= 15 is 0 Å². The van der Waals surface area contributed by atoms with Gasteiger partial charge in [0.1, 0.15) is 0 Å². The van der Waals surface area contributed by atoms with Crippen molar-refractivity contribution in [1.82, 2.24) is 4.90 Å². The minimum Gasteiger partial charge on any atom is -0.478 e. The van der Waals surface area contributed by atoms with E-state index in [0.29, 0.717) is 12.1 Å². The summed E-state index contributed by atoms with van der Waals surface area (Å²) in [4.78, 5) is 24.8. The van der Waals surface area contributed by atoms with Crippen molar-refractivity contribution in [2.75, 3.05) is 18.4 Å². The molecule has 0 saturated carbocycles. The molecule has 2 N–H and O–H groups in total. The van der Waals surface area contributed by atoms with Gasteiger partial charge >= 0.3 is 12.0 Å². The van der Waals surface area contributed by atoms with Crippen molar-refractivity contribution in [3.8, 4) is 12.3 Å². The van der Waals surface area contributed by atoms with Gasteiger partial charge in [-0.15, -0.1) is 6.42 Å². The molecule has 5 heteroatoms. The quantitative estimate of drug-likeness (QED) is 0.811. The van der Waals surface area contributed by atoms with Crippen LogP contribution in [0.4, 0.5) is 10.5 Å². The largest absolute Gasteiger partial charge is 0.478 e. The fourth-order valence-electron chi connectivity index (χ4n) is 1.88. The smallest absolute Gasteiger partial charge is 0.338 e. The minimum atomic E-state index is -1.07. The number of carbonyl (C=O) groups excluding carboxylic acids is 1. The summed E-state index contributed by atoms with van der Waals surface area (Å²) in [7, 11) is 0. The Bertz CT molecular complexity index is 547. The molecule has 0 bridgehead atoms. The van der Waals surface area contributed by atoms with E-state index in [2.05, 4.69) is 11.2 Å². The zero-order valence-electron chi connectivity index (χ0n) is 11.6. The van der Waals surface area contributed by atoms with Crippen LogP contribution in [0.15, 0.2) is 18.2 Å². The lowest BCUT2D eigenvalue weighted by atomic mass is 10.1. The van der Waals surface area contributed by atoms with E-state index < -0.39 is 12.0 Å². The van der Waals surface area contributed by atoms with Crippen molar-refractivity contribution in [3.63, 3.8) is 0 Å². The summed E-state index contributed by atoms with van der Waals surface area (Å²) >= 11 is 0. The predicted octanol–water partition coefficient (Wildman–Crippen LogP) is 2.57. The molecule has 106 valence electrons. The molecule has 0 aliphatic carbocycles. The minimum absolute atomic E-state index is 0.0954. The molecule has 1 aromatic carbocycles. The first kappa shape index (κ1) is 15.6. The van der Waals surface area contributed by atoms with Crippen molar-refractivity contribution in [2.45, 2.75) is 20.3 Å². The van der Waals surface area contributed by atoms with Gasteiger partial charge in [0, 0.05) is 6.54 Å². The number of nitrogens with one attached hydrogen (secondary N) is 1. The highest BCUT2D eigenvalue weighted by molar-refractivity contribution is 6.01. The van der Waals surface area contributed by atoms with Gasteiger partial charge in [0.25, 0.3) is 0 Å². The van der Waals surface area contributed by atoms with Crippen LogP contribution in [0.1, 0.15) is 29.3 Å². The molecule has 1 aromatic rings. The van der Waals surface area contributed by atoms with E-state index in [0.717, 1.165) is 6.42 Å². The number of terminal acetylenes is 1. The number of rotatable bonds is 5. The lowest BCUT2D eigenvalue weighted by Gasteiger charge is -2.21. The molecule has 0 heterocycles. The standard InChI is InChI=1S/C15H18N2O3/c1-4-9-17(10-5-2)15(20)16-12-8-6-7-11(3)13(12)14(18)19/h1,6-8H,5,9-10H2,2-3H3,(H,16,20)(H,18,19). The Morgan fingerprint density at radius 1 is 1.45 bits per heavy atom. The molecule has 0 aromatic heterocycles. The number of benzene rings is 1. The molecule has 1 rings (SSSR count). The Hall–Kier alpha value is -2.48. The van der Waals surface area contributed by atoms with Gasteiger partial charge in [-0.1, -0.05) is 25.0 Å². The molecular weight excluding hydrogens is 256 g/mol. The van der Waals surface area contributed by atoms with Gasteiger partial charge in [-0.2, -0.15) is 0 Å². The van der Waals surface area contributed by atoms with Gasteiger partial charge in [0.05, 0.1) is 17.8 Å². The second kappa shape index (κ2) is 7.19. The van der Waals surface area contributed by atoms with E-state index in [9.17, 15) is 14.7 Å². The van der Waals surface area contributed by atoms with Crippen LogP contribution in [0.2, 0.25) is 0 Å². The van der Waals surface area contributed by atoms with Crippen LogP contribution < -0.4 is 5.32 Å². The third kappa shape index (κ3) is 3.75. The predicted molar refractivity (Wildman–Crippen MR) is 77.9 cm³/mol. The first-order chi connectivity index (χ1) is 9.51. The molecule has 0 aliphatic heterocycles. The summed E-state index contributed by atoms with van der Waals surface area (Å²) in [6.07, 6.45) is 6.00. The number of hydrogen-bond donors (Lipinski definition) is 2. The van der Waals surface area contributed by atoms with Crippen molar-refractivity contribution in [3.05, 3.63) is 29.3 Å². The Morgan fingerprint density at radius 2 is 2.15 bits per heavy atom. The summed E-state index contributed by atoms with van der Waals surface area (Å²) in [6, 6.07) is 4.56. The Kier molecular flexibility index (Phi) is 5.60. The summed E-state index contributed by atoms with van der Waals surface area (Å²) in [5, 5.41) is 11.8. The fourth-order valence-corrected chi connectivity index (χ4v) is 1.88. The second-order valence-corrected chi connectivity index (χ2v) is 4.36. The molecule has 2 amide bonds. The Balaban J connectivity index is 2.98. The van der Waals surface area contributed by atoms with Gasteiger partial charge in [-0.25, -0.2) is 9.59 Å². The number of nitrogens with zero attached hydrogens (tertiary/aromatic N) is 1. The van der Waals surface area contributed by atoms with Gasteiger partial charge in [-0.05, 0) is 25.0 Å². The third-order valence-corrected chi connectivity index (χ3v) is 2.79. The van der Waals surface area contributed by atoms with Gasteiger partial charge in [0.15, 0.2) is 0 Å². The highest BCUT2D eigenvalue weighted by Crippen LogP contribution is 2.20. The number of hydrogen-bond acceptors (Lipinski definition) is 2. The second-order valence-electron chi connectivity index (χ2n) is 4.36. The molecule has 0 saturated heterocycles. The van der Waals surface area contributed by atoms with Crippen molar-refractivity contribution in [1.29, 1.82) is 0 Å². The van der Waals surface area contributed by atoms with Crippen LogP contribution in [0.25, 0.3) is 0 Å². The summed E-state index contributed by atoms with van der Waals surface area (Å²) in [6.45, 7) is 4.33. The maximum atomic E-state index is 12.1. The number of carbonyl (C=O) groups is 2. The van der Waals surface area contributed by atoms with E-state index in [-0.39, 0.29) is 17.8 Å². The average Bonchev–Trinajstić information content (AvgIpc) is 2.38. The normalized spacial score (nSPS) is 9.65. The van der Waals surface area contributed by atoms with Gasteiger partial charge in [-0.3, -0.25) is 0 Å². The number of carboxylic acid groups (broad SMARTS) is 1. The Morgan fingerprint density at radius 3 is 2.70 bits per heavy atom. The van der Waals surface area contributed by atoms with Crippen LogP contribution in [0, 0.1) is 19.3 Å². The van der Waals surface area contributed by atoms with Crippen LogP contribution in [0.3, 0.4) is 0 Å². The summed E-state index contributed by atoms with van der Waals surface area (Å²) in [5.41, 5.74) is 0.966. The van der Waals surface area contributed by atoms with Gasteiger partial charge in [0.2, 0.25) is 0 Å². The van der Waals surface area contributed by atoms with Crippen molar-refractivity contribution < 1.29 is 14.7 Å². The number of urea groups is 1. The van der Waals surface area contributed by atoms with E-state index in [4.69, 9.17) is 6.42 Å². The lowest BCUT2D eigenvalue weighted by Crippen LogP contribution is -2.36. The first-order valence-electron chi connectivity index (χ1n) is 6.33. The van der Waals surface area contributed by atoms with E-state index in [1.54, 1.807) is 25.1 Å². The molecule has 0 spiro atoms. The zero-order chi connectivity index (χ0) is 15.1. The van der Waals surface area contributed by atoms with Crippen molar-refractivity contribution >= 4 is 17.7 Å². The van der Waals surface area contributed by atoms with Crippen molar-refractivity contribution in [2.24, 2.45) is 0 Å². The van der Waals surface area contributed by atoms with Crippen LogP contribution >= 0.6 is 0 Å². The highest BCUT2D eigenvalue weighted by Gasteiger charge is 2.17. The molecule has 5 nitrogen and oxygen atoms in total. The molecule has 0 radical (unpaired) electrons. The number of aryl methyl sites for hydroxylation is 1. The summed E-state index contributed by atoms with van der Waals surface area (Å²) < 4.78 is 0. The highest BCUT2D eigenvalue weighted by atomic mass is 16.4. The molecule has 0 aliphatic rings. The molecule has 0 atom stereocenters. The zero-order valence-corrected chi connectivity index (χ0v) is 11.6. The average molecular weight is 274 g/mol. The van der Waals surface area contributed by atoms with Crippen LogP contribution in [-0.4, -0.2) is 35.1 Å². The number of amides is 2.